The van der Waals surface area contributed by atoms with Crippen molar-refractivity contribution in [2.75, 3.05) is 46.9 Å². The minimum Gasteiger partial charge on any atom is -0.497 e. The van der Waals surface area contributed by atoms with E-state index >= 15 is 0 Å². The van der Waals surface area contributed by atoms with Crippen LogP contribution in [0.5, 0.6) is 11.5 Å². The summed E-state index contributed by atoms with van der Waals surface area (Å²) in [4.78, 5) is 18.9. The van der Waals surface area contributed by atoms with E-state index in [4.69, 9.17) is 21.1 Å². The molecule has 3 fully saturated rings. The third-order valence-corrected chi connectivity index (χ3v) is 8.51. The van der Waals surface area contributed by atoms with E-state index in [-0.39, 0.29) is 18.0 Å². The number of rotatable bonds is 7. The van der Waals surface area contributed by atoms with Gasteiger partial charge in [0, 0.05) is 48.9 Å². The highest BCUT2D eigenvalue weighted by atomic mass is 35.5. The molecule has 3 aliphatic rings. The molecule has 1 amide bonds. The van der Waals surface area contributed by atoms with Crippen LogP contribution in [0.25, 0.3) is 0 Å². The summed E-state index contributed by atoms with van der Waals surface area (Å²) in [6, 6.07) is 13.9. The van der Waals surface area contributed by atoms with Crippen molar-refractivity contribution < 1.29 is 14.3 Å². The van der Waals surface area contributed by atoms with E-state index in [2.05, 4.69) is 34.7 Å². The molecule has 0 aromatic heterocycles. The van der Waals surface area contributed by atoms with Gasteiger partial charge in [-0.25, -0.2) is 0 Å². The summed E-state index contributed by atoms with van der Waals surface area (Å²) >= 11 is 6.25. The Kier molecular flexibility index (Phi) is 7.96. The Bertz CT molecular complexity index is 1080. The van der Waals surface area contributed by atoms with Crippen molar-refractivity contribution in [1.29, 1.82) is 0 Å². The lowest BCUT2D eigenvalue weighted by Crippen LogP contribution is -2.62. The molecule has 1 aliphatic carbocycles. The Balaban J connectivity index is 1.62. The molecule has 200 valence electrons. The molecule has 37 heavy (non-hydrogen) atoms. The largest absolute Gasteiger partial charge is 0.497 e. The quantitative estimate of drug-likeness (QED) is 0.564. The molecule has 2 heterocycles. The molecule has 8 heteroatoms. The molecule has 2 aromatic rings. The number of ether oxygens (including phenoxy) is 2. The van der Waals surface area contributed by atoms with E-state index in [1.807, 2.05) is 42.2 Å². The number of halogens is 1. The summed E-state index contributed by atoms with van der Waals surface area (Å²) in [5, 5.41) is 8.46. The minimum absolute atomic E-state index is 0.0474. The number of piperazine rings is 1. The number of nitrogens with zero attached hydrogens (tertiary/aromatic N) is 2. The maximum Gasteiger partial charge on any atom is 0.262 e. The summed E-state index contributed by atoms with van der Waals surface area (Å²) in [6.07, 6.45) is 4.76. The standard InChI is InChI=1S/C29H39ClN4O3/c1-4-37-25-19-23(36-3)13-14-24(25)29(28(35)34-17-15-33(2)16-18-34)31-26(20-7-5-6-8-20)27(32-29)21-9-11-22(30)12-10-21/h9-14,19-20,26-27,31-32H,4-8,15-18H2,1-3H3. The average molecular weight is 527 g/mol. The second-order valence-corrected chi connectivity index (χ2v) is 11.0. The molecule has 5 rings (SSSR count). The van der Waals surface area contributed by atoms with Crippen LogP contribution in [0.15, 0.2) is 42.5 Å². The van der Waals surface area contributed by atoms with Crippen LogP contribution in [-0.2, 0) is 10.5 Å². The SMILES string of the molecule is CCOc1cc(OC)ccc1C1(C(=O)N2CCN(C)CC2)NC(c2ccc(Cl)cc2)C(C2CCCC2)N1. The summed E-state index contributed by atoms with van der Waals surface area (Å²) < 4.78 is 11.6. The molecule has 0 spiro atoms. The number of hydrogen-bond donors (Lipinski definition) is 2. The summed E-state index contributed by atoms with van der Waals surface area (Å²) in [5.74, 6) is 1.88. The molecule has 2 saturated heterocycles. The fourth-order valence-electron chi connectivity index (χ4n) is 6.22. The van der Waals surface area contributed by atoms with Crippen molar-refractivity contribution in [2.45, 2.75) is 50.4 Å². The first-order valence-corrected chi connectivity index (χ1v) is 13.9. The van der Waals surface area contributed by atoms with Gasteiger partial charge < -0.3 is 19.3 Å². The van der Waals surface area contributed by atoms with E-state index in [9.17, 15) is 4.79 Å². The number of likely N-dealkylation sites (N-methyl/N-ethyl adjacent to an activating group) is 1. The van der Waals surface area contributed by atoms with Gasteiger partial charge >= 0.3 is 0 Å². The molecule has 0 bridgehead atoms. The van der Waals surface area contributed by atoms with Crippen molar-refractivity contribution in [1.82, 2.24) is 20.4 Å². The molecule has 3 atom stereocenters. The molecule has 0 radical (unpaired) electrons. The van der Waals surface area contributed by atoms with Crippen LogP contribution in [-0.4, -0.2) is 68.7 Å². The predicted molar refractivity (Wildman–Crippen MR) is 146 cm³/mol. The number of methoxy groups -OCH3 is 1. The Hall–Kier alpha value is -2.32. The van der Waals surface area contributed by atoms with Crippen LogP contribution in [0.4, 0.5) is 0 Å². The highest BCUT2D eigenvalue weighted by Crippen LogP contribution is 2.44. The first kappa shape index (κ1) is 26.3. The summed E-state index contributed by atoms with van der Waals surface area (Å²) in [7, 11) is 3.75. The Morgan fingerprint density at radius 3 is 2.41 bits per heavy atom. The van der Waals surface area contributed by atoms with Gasteiger partial charge in [0.1, 0.15) is 11.5 Å². The number of carbonyl (C=O) groups excluding carboxylic acids is 1. The van der Waals surface area contributed by atoms with Crippen molar-refractivity contribution in [2.24, 2.45) is 5.92 Å². The van der Waals surface area contributed by atoms with Crippen LogP contribution in [0.1, 0.15) is 49.8 Å². The predicted octanol–water partition coefficient (Wildman–Crippen LogP) is 4.17. The molecular formula is C29H39ClN4O3. The maximum absolute atomic E-state index is 14.6. The Labute approximate surface area is 225 Å². The van der Waals surface area contributed by atoms with Crippen LogP contribution < -0.4 is 20.1 Å². The van der Waals surface area contributed by atoms with E-state index in [1.165, 1.54) is 12.8 Å². The van der Waals surface area contributed by atoms with Crippen LogP contribution in [0.2, 0.25) is 5.02 Å². The molecule has 2 aromatic carbocycles. The number of nitrogens with one attached hydrogen (secondary N) is 2. The van der Waals surface area contributed by atoms with Gasteiger partial charge in [-0.05, 0) is 62.6 Å². The molecule has 3 unspecified atom stereocenters. The molecule has 2 aliphatic heterocycles. The Morgan fingerprint density at radius 2 is 1.76 bits per heavy atom. The second-order valence-electron chi connectivity index (χ2n) is 10.5. The van der Waals surface area contributed by atoms with Crippen LogP contribution >= 0.6 is 11.6 Å². The molecule has 7 nitrogen and oxygen atoms in total. The monoisotopic (exact) mass is 526 g/mol. The van der Waals surface area contributed by atoms with Gasteiger partial charge in [0.05, 0.1) is 19.8 Å². The van der Waals surface area contributed by atoms with Gasteiger partial charge in [0.2, 0.25) is 0 Å². The molecular weight excluding hydrogens is 488 g/mol. The normalized spacial score (nSPS) is 27.0. The average Bonchev–Trinajstić information content (AvgIpc) is 3.58. The zero-order valence-corrected chi connectivity index (χ0v) is 22.9. The first-order chi connectivity index (χ1) is 17.9. The minimum atomic E-state index is -1.12. The van der Waals surface area contributed by atoms with Crippen molar-refractivity contribution in [3.63, 3.8) is 0 Å². The lowest BCUT2D eigenvalue weighted by atomic mass is 9.89. The molecule has 1 saturated carbocycles. The highest BCUT2D eigenvalue weighted by Gasteiger charge is 2.55. The van der Waals surface area contributed by atoms with Crippen molar-refractivity contribution in [3.8, 4) is 11.5 Å². The van der Waals surface area contributed by atoms with Crippen molar-refractivity contribution >= 4 is 17.5 Å². The summed E-state index contributed by atoms with van der Waals surface area (Å²) in [5.41, 5.74) is 0.816. The fourth-order valence-corrected chi connectivity index (χ4v) is 6.35. The van der Waals surface area contributed by atoms with Crippen LogP contribution in [0, 0.1) is 5.92 Å². The van der Waals surface area contributed by atoms with Gasteiger partial charge in [0.15, 0.2) is 5.66 Å². The van der Waals surface area contributed by atoms with E-state index < -0.39 is 5.66 Å². The number of amides is 1. The fraction of sp³-hybridized carbons (Fsp3) is 0.552. The van der Waals surface area contributed by atoms with Crippen LogP contribution in [0.3, 0.4) is 0 Å². The third kappa shape index (κ3) is 5.19. The number of hydrogen-bond acceptors (Lipinski definition) is 6. The highest BCUT2D eigenvalue weighted by molar-refractivity contribution is 6.30. The Morgan fingerprint density at radius 1 is 1.05 bits per heavy atom. The van der Waals surface area contributed by atoms with Gasteiger partial charge in [0.25, 0.3) is 5.91 Å². The number of carbonyl (C=O) groups is 1. The van der Waals surface area contributed by atoms with Gasteiger partial charge in [-0.15, -0.1) is 0 Å². The lowest BCUT2D eigenvalue weighted by molar-refractivity contribution is -0.141. The zero-order valence-electron chi connectivity index (χ0n) is 22.1. The van der Waals surface area contributed by atoms with Gasteiger partial charge in [-0.2, -0.15) is 0 Å². The smallest absolute Gasteiger partial charge is 0.262 e. The number of benzene rings is 2. The zero-order chi connectivity index (χ0) is 26.0. The van der Waals surface area contributed by atoms with Gasteiger partial charge in [-0.3, -0.25) is 15.4 Å². The van der Waals surface area contributed by atoms with E-state index in [0.29, 0.717) is 42.1 Å². The topological polar surface area (TPSA) is 66.1 Å². The van der Waals surface area contributed by atoms with Gasteiger partial charge in [-0.1, -0.05) is 36.6 Å². The van der Waals surface area contributed by atoms with Crippen molar-refractivity contribution in [3.05, 3.63) is 58.6 Å². The first-order valence-electron chi connectivity index (χ1n) is 13.5. The second kappa shape index (κ2) is 11.2. The van der Waals surface area contributed by atoms with E-state index in [0.717, 1.165) is 37.1 Å². The lowest BCUT2D eigenvalue weighted by Gasteiger charge is -2.40. The van der Waals surface area contributed by atoms with E-state index in [1.54, 1.807) is 7.11 Å². The molecule has 2 N–H and O–H groups in total. The maximum atomic E-state index is 14.6. The summed E-state index contributed by atoms with van der Waals surface area (Å²) in [6.45, 7) is 5.56. The third-order valence-electron chi connectivity index (χ3n) is 8.26.